The van der Waals surface area contributed by atoms with Gasteiger partial charge in [0, 0.05) is 42.3 Å². The van der Waals surface area contributed by atoms with Gasteiger partial charge in [-0.15, -0.1) is 0 Å². The average molecular weight is 425 g/mol. The van der Waals surface area contributed by atoms with Crippen LogP contribution in [0.15, 0.2) is 48.3 Å². The lowest BCUT2D eigenvalue weighted by atomic mass is 10.0. The van der Waals surface area contributed by atoms with Crippen molar-refractivity contribution >= 4 is 22.9 Å². The van der Waals surface area contributed by atoms with Gasteiger partial charge in [-0.3, -0.25) is 4.79 Å². The van der Waals surface area contributed by atoms with Crippen LogP contribution in [0.5, 0.6) is 5.75 Å². The number of ether oxygens (including phenoxy) is 1. The molecule has 0 atom stereocenters. The molecule has 162 valence electrons. The Hall–Kier alpha value is -3.35. The first-order valence-corrected chi connectivity index (χ1v) is 10.4. The minimum absolute atomic E-state index is 0.0759. The van der Waals surface area contributed by atoms with Crippen molar-refractivity contribution in [2.45, 2.75) is 26.3 Å². The molecule has 0 spiro atoms. The van der Waals surface area contributed by atoms with Gasteiger partial charge >= 0.3 is 0 Å². The standard InChI is InChI=1S/C24H25F2N3O2/c1-2-28(10-3-4-11-29-12-9-16-13-17(25)5-8-22(16)29)18-14-20-19(24(27)30)6-7-21(26)23(20)31-15-18/h5-9,12-14H,2-4,10-11,15H2,1H3,(H2,27,30). The summed E-state index contributed by atoms with van der Waals surface area (Å²) in [6.45, 7) is 4.69. The summed E-state index contributed by atoms with van der Waals surface area (Å²) in [5.41, 5.74) is 8.02. The van der Waals surface area contributed by atoms with E-state index in [1.807, 2.05) is 19.2 Å². The zero-order valence-corrected chi connectivity index (χ0v) is 17.4. The number of nitrogens with zero attached hydrogens (tertiary/aromatic N) is 2. The van der Waals surface area contributed by atoms with Crippen LogP contribution in [-0.2, 0) is 6.54 Å². The third-order valence-corrected chi connectivity index (χ3v) is 5.69. The number of aryl methyl sites for hydroxylation is 1. The summed E-state index contributed by atoms with van der Waals surface area (Å²) in [4.78, 5) is 13.9. The van der Waals surface area contributed by atoms with E-state index in [9.17, 15) is 13.6 Å². The zero-order valence-electron chi connectivity index (χ0n) is 17.4. The van der Waals surface area contributed by atoms with Gasteiger partial charge in [0.25, 0.3) is 0 Å². The maximum absolute atomic E-state index is 14.1. The normalized spacial score (nSPS) is 12.9. The number of carbonyl (C=O) groups excluding carboxylic acids is 1. The SMILES string of the molecule is CCN(CCCCn1ccc2cc(F)ccc21)C1=Cc2c(C(N)=O)ccc(F)c2OC1. The number of benzene rings is 2. The third-order valence-electron chi connectivity index (χ3n) is 5.69. The van der Waals surface area contributed by atoms with Crippen molar-refractivity contribution in [3.8, 4) is 5.75 Å². The van der Waals surface area contributed by atoms with E-state index < -0.39 is 11.7 Å². The van der Waals surface area contributed by atoms with Gasteiger partial charge in [0.05, 0.1) is 11.3 Å². The zero-order chi connectivity index (χ0) is 22.0. The van der Waals surface area contributed by atoms with Crippen LogP contribution >= 0.6 is 0 Å². The molecule has 0 bridgehead atoms. The van der Waals surface area contributed by atoms with Crippen LogP contribution in [0.1, 0.15) is 35.7 Å². The van der Waals surface area contributed by atoms with Gasteiger partial charge in [0.15, 0.2) is 11.6 Å². The molecule has 2 aromatic carbocycles. The van der Waals surface area contributed by atoms with Crippen molar-refractivity contribution in [1.82, 2.24) is 9.47 Å². The van der Waals surface area contributed by atoms with E-state index in [2.05, 4.69) is 9.47 Å². The molecule has 1 aromatic heterocycles. The molecule has 1 aliphatic heterocycles. The molecule has 2 N–H and O–H groups in total. The first kappa shape index (κ1) is 20.9. The van der Waals surface area contributed by atoms with Crippen molar-refractivity contribution in [3.63, 3.8) is 0 Å². The summed E-state index contributed by atoms with van der Waals surface area (Å²) < 4.78 is 35.2. The lowest BCUT2D eigenvalue weighted by Gasteiger charge is -2.30. The minimum Gasteiger partial charge on any atom is -0.484 e. The van der Waals surface area contributed by atoms with Gasteiger partial charge in [0.2, 0.25) is 5.91 Å². The third kappa shape index (κ3) is 4.26. The second-order valence-corrected chi connectivity index (χ2v) is 7.63. The Morgan fingerprint density at radius 3 is 2.81 bits per heavy atom. The summed E-state index contributed by atoms with van der Waals surface area (Å²) in [6.07, 6.45) is 5.67. The van der Waals surface area contributed by atoms with E-state index in [0.29, 0.717) is 5.56 Å². The minimum atomic E-state index is -0.612. The number of likely N-dealkylation sites (N-methyl/N-ethyl adjacent to an activating group) is 1. The molecule has 0 saturated heterocycles. The Kier molecular flexibility index (Phi) is 5.93. The number of fused-ring (bicyclic) bond motifs is 2. The van der Waals surface area contributed by atoms with Gasteiger partial charge in [-0.2, -0.15) is 0 Å². The number of hydrogen-bond acceptors (Lipinski definition) is 3. The summed E-state index contributed by atoms with van der Waals surface area (Å²) in [6, 6.07) is 9.35. The quantitative estimate of drug-likeness (QED) is 0.539. The number of aromatic nitrogens is 1. The second-order valence-electron chi connectivity index (χ2n) is 7.63. The molecule has 7 heteroatoms. The first-order valence-electron chi connectivity index (χ1n) is 10.4. The molecule has 0 fully saturated rings. The fraction of sp³-hybridized carbons (Fsp3) is 0.292. The van der Waals surface area contributed by atoms with Crippen molar-refractivity contribution in [2.24, 2.45) is 5.73 Å². The maximum Gasteiger partial charge on any atom is 0.249 e. The predicted octanol–water partition coefficient (Wildman–Crippen LogP) is 4.55. The maximum atomic E-state index is 14.1. The van der Waals surface area contributed by atoms with Crippen LogP contribution in [0.2, 0.25) is 0 Å². The summed E-state index contributed by atoms with van der Waals surface area (Å²) in [7, 11) is 0. The smallest absolute Gasteiger partial charge is 0.249 e. The summed E-state index contributed by atoms with van der Waals surface area (Å²) in [5, 5.41) is 0.899. The first-order chi connectivity index (χ1) is 15.0. The lowest BCUT2D eigenvalue weighted by molar-refractivity contribution is 0.0999. The number of rotatable bonds is 8. The Labute approximate surface area is 179 Å². The summed E-state index contributed by atoms with van der Waals surface area (Å²) in [5.74, 6) is -1.27. The second kappa shape index (κ2) is 8.79. The number of amides is 1. The lowest BCUT2D eigenvalue weighted by Crippen LogP contribution is -2.29. The van der Waals surface area contributed by atoms with Crippen LogP contribution in [-0.4, -0.2) is 35.1 Å². The molecule has 0 aliphatic carbocycles. The molecule has 31 heavy (non-hydrogen) atoms. The Bertz CT molecular complexity index is 1150. The highest BCUT2D eigenvalue weighted by molar-refractivity contribution is 5.98. The van der Waals surface area contributed by atoms with Gasteiger partial charge in [-0.25, -0.2) is 8.78 Å². The van der Waals surface area contributed by atoms with E-state index >= 15 is 0 Å². The largest absolute Gasteiger partial charge is 0.484 e. The molecule has 1 amide bonds. The fourth-order valence-electron chi connectivity index (χ4n) is 4.07. The average Bonchev–Trinajstić information content (AvgIpc) is 3.15. The topological polar surface area (TPSA) is 60.5 Å². The van der Waals surface area contributed by atoms with Crippen molar-refractivity contribution in [2.75, 3.05) is 19.7 Å². The number of carbonyl (C=O) groups is 1. The van der Waals surface area contributed by atoms with Gasteiger partial charge in [0.1, 0.15) is 12.4 Å². The van der Waals surface area contributed by atoms with Crippen LogP contribution < -0.4 is 10.5 Å². The van der Waals surface area contributed by atoms with E-state index in [0.717, 1.165) is 49.1 Å². The molecule has 3 aromatic rings. The van der Waals surface area contributed by atoms with Crippen molar-refractivity contribution < 1.29 is 18.3 Å². The number of halogens is 2. The molecule has 0 saturated carbocycles. The van der Waals surface area contributed by atoms with Crippen LogP contribution in [0, 0.1) is 11.6 Å². The van der Waals surface area contributed by atoms with Crippen LogP contribution in [0.25, 0.3) is 17.0 Å². The molecular weight excluding hydrogens is 400 g/mol. The Morgan fingerprint density at radius 1 is 1.19 bits per heavy atom. The number of unbranched alkanes of at least 4 members (excludes halogenated alkanes) is 1. The molecule has 4 rings (SSSR count). The van der Waals surface area contributed by atoms with Gasteiger partial charge in [-0.1, -0.05) is 0 Å². The number of primary amides is 1. The Balaban J connectivity index is 1.42. The molecule has 2 heterocycles. The van der Waals surface area contributed by atoms with Gasteiger partial charge in [-0.05, 0) is 62.2 Å². The van der Waals surface area contributed by atoms with Gasteiger partial charge < -0.3 is 19.9 Å². The van der Waals surface area contributed by atoms with Crippen LogP contribution in [0.4, 0.5) is 8.78 Å². The molecule has 0 unspecified atom stereocenters. The van der Waals surface area contributed by atoms with E-state index in [1.165, 1.54) is 18.2 Å². The van der Waals surface area contributed by atoms with Crippen LogP contribution in [0.3, 0.4) is 0 Å². The molecule has 5 nitrogen and oxygen atoms in total. The molecule has 0 radical (unpaired) electrons. The molecular formula is C24H25F2N3O2. The Morgan fingerprint density at radius 2 is 2.03 bits per heavy atom. The molecule has 1 aliphatic rings. The fourth-order valence-corrected chi connectivity index (χ4v) is 4.07. The monoisotopic (exact) mass is 425 g/mol. The number of hydrogen-bond donors (Lipinski definition) is 1. The van der Waals surface area contributed by atoms with E-state index in [1.54, 1.807) is 18.2 Å². The highest BCUT2D eigenvalue weighted by atomic mass is 19.1. The highest BCUT2D eigenvalue weighted by Gasteiger charge is 2.23. The van der Waals surface area contributed by atoms with Crippen molar-refractivity contribution in [1.29, 1.82) is 0 Å². The highest BCUT2D eigenvalue weighted by Crippen LogP contribution is 2.33. The van der Waals surface area contributed by atoms with E-state index in [4.69, 9.17) is 10.5 Å². The van der Waals surface area contributed by atoms with E-state index in [-0.39, 0.29) is 23.7 Å². The number of nitrogens with two attached hydrogens (primary N) is 1. The summed E-state index contributed by atoms with van der Waals surface area (Å²) >= 11 is 0. The predicted molar refractivity (Wildman–Crippen MR) is 117 cm³/mol. The van der Waals surface area contributed by atoms with Crippen molar-refractivity contribution in [3.05, 3.63) is 71.1 Å².